The Kier molecular flexibility index (Phi) is 5.97. The van der Waals surface area contributed by atoms with Gasteiger partial charge in [0.05, 0.1) is 12.0 Å². The van der Waals surface area contributed by atoms with E-state index in [1.165, 1.54) is 47.4 Å². The highest BCUT2D eigenvalue weighted by atomic mass is 35.5. The average molecular weight is 460 g/mol. The van der Waals surface area contributed by atoms with Crippen molar-refractivity contribution in [1.29, 1.82) is 0 Å². The number of nitrogens with two attached hydrogens (primary N) is 1. The molecule has 1 heterocycles. The summed E-state index contributed by atoms with van der Waals surface area (Å²) in [7, 11) is -4.21. The number of hydrogen-bond acceptors (Lipinski definition) is 4. The molecule has 0 radical (unpaired) electrons. The Balaban J connectivity index is 1.87. The van der Waals surface area contributed by atoms with Gasteiger partial charge in [0.1, 0.15) is 6.21 Å². The summed E-state index contributed by atoms with van der Waals surface area (Å²) in [4.78, 5) is 12.0. The molecule has 158 valence electrons. The van der Waals surface area contributed by atoms with Crippen molar-refractivity contribution < 1.29 is 31.1 Å². The summed E-state index contributed by atoms with van der Waals surface area (Å²) in [5.74, 6) is -0.758. The first kappa shape index (κ1) is 21.9. The maximum absolute atomic E-state index is 13.1. The number of nitrogens with zero attached hydrogens (tertiary/aromatic N) is 2. The van der Waals surface area contributed by atoms with Gasteiger partial charge in [-0.25, -0.2) is 13.6 Å². The van der Waals surface area contributed by atoms with E-state index < -0.39 is 39.5 Å². The van der Waals surface area contributed by atoms with Crippen LogP contribution in [0.2, 0.25) is 0 Å². The van der Waals surface area contributed by atoms with Crippen LogP contribution in [-0.4, -0.2) is 36.8 Å². The number of nitrogens with one attached hydrogen (secondary N) is 1. The Hall–Kier alpha value is -2.76. The van der Waals surface area contributed by atoms with Gasteiger partial charge in [-0.3, -0.25) is 4.79 Å². The number of halogens is 4. The minimum atomic E-state index is -4.60. The zero-order valence-electron chi connectivity index (χ0n) is 15.1. The number of primary sulfonamides is 1. The van der Waals surface area contributed by atoms with Crippen molar-refractivity contribution in [1.82, 2.24) is 0 Å². The standard InChI is InChI=1S/C18H14ClF3N4O3S/c19-12-9-24-26(10-12)15-6-5-13(8-16(15)30(23,28)29)25-17(27)7-11-3-1-2-4-14(11)18(20,21)22/h1-6,8-10,12H,7H2,(H2-,23,25,27,28,29)/p+1. The number of carbonyl (C=O) groups is 1. The van der Waals surface area contributed by atoms with Crippen molar-refractivity contribution in [3.63, 3.8) is 0 Å². The maximum atomic E-state index is 13.1. The lowest BCUT2D eigenvalue weighted by Crippen LogP contribution is -2.19. The van der Waals surface area contributed by atoms with Crippen LogP contribution in [0.1, 0.15) is 11.1 Å². The number of carbonyl (C=O) groups excluding carboxylic acids is 1. The second-order valence-electron chi connectivity index (χ2n) is 6.31. The van der Waals surface area contributed by atoms with Crippen molar-refractivity contribution >= 4 is 51.3 Å². The number of anilines is 1. The van der Waals surface area contributed by atoms with Gasteiger partial charge in [0, 0.05) is 11.8 Å². The van der Waals surface area contributed by atoms with Crippen LogP contribution in [0.4, 0.5) is 24.5 Å². The van der Waals surface area contributed by atoms with Gasteiger partial charge in [0.2, 0.25) is 22.1 Å². The molecule has 1 unspecified atom stereocenters. The van der Waals surface area contributed by atoms with E-state index >= 15 is 0 Å². The van der Waals surface area contributed by atoms with Gasteiger partial charge in [-0.05, 0) is 28.9 Å². The molecule has 0 spiro atoms. The Morgan fingerprint density at radius 1 is 1.23 bits per heavy atom. The summed E-state index contributed by atoms with van der Waals surface area (Å²) < 4.78 is 64.5. The Morgan fingerprint density at radius 3 is 2.53 bits per heavy atom. The van der Waals surface area contributed by atoms with Crippen LogP contribution in [0.15, 0.2) is 52.5 Å². The van der Waals surface area contributed by atoms with Crippen LogP contribution in [-0.2, 0) is 27.4 Å². The molecule has 1 aliphatic rings. The van der Waals surface area contributed by atoms with Crippen LogP contribution in [0.25, 0.3) is 0 Å². The highest BCUT2D eigenvalue weighted by Crippen LogP contribution is 2.32. The lowest BCUT2D eigenvalue weighted by atomic mass is 10.0. The Morgan fingerprint density at radius 2 is 1.93 bits per heavy atom. The lowest BCUT2D eigenvalue weighted by Gasteiger charge is -2.13. The predicted octanol–water partition coefficient (Wildman–Crippen LogP) is 2.86. The van der Waals surface area contributed by atoms with E-state index in [0.29, 0.717) is 0 Å². The van der Waals surface area contributed by atoms with E-state index in [0.717, 1.165) is 12.1 Å². The van der Waals surface area contributed by atoms with Gasteiger partial charge in [-0.2, -0.15) is 13.2 Å². The molecule has 0 aliphatic carbocycles. The second-order valence-corrected chi connectivity index (χ2v) is 8.34. The lowest BCUT2D eigenvalue weighted by molar-refractivity contribution is -0.439. The van der Waals surface area contributed by atoms with Crippen LogP contribution >= 0.6 is 11.6 Å². The first-order valence-electron chi connectivity index (χ1n) is 8.39. The Labute approximate surface area is 174 Å². The van der Waals surface area contributed by atoms with Crippen LogP contribution in [0.3, 0.4) is 0 Å². The van der Waals surface area contributed by atoms with Crippen LogP contribution in [0.5, 0.6) is 0 Å². The summed E-state index contributed by atoms with van der Waals surface area (Å²) in [6.07, 6.45) is -2.34. The molecule has 7 nitrogen and oxygen atoms in total. The summed E-state index contributed by atoms with van der Waals surface area (Å²) in [5, 5.41) is 11.1. The molecule has 3 N–H and O–H groups in total. The van der Waals surface area contributed by atoms with Crippen molar-refractivity contribution in [3.8, 4) is 0 Å². The molecule has 1 aliphatic heterocycles. The zero-order chi connectivity index (χ0) is 22.1. The molecule has 1 amide bonds. The van der Waals surface area contributed by atoms with Gasteiger partial charge in [-0.15, -0.1) is 11.6 Å². The largest absolute Gasteiger partial charge is 0.416 e. The van der Waals surface area contributed by atoms with E-state index in [1.54, 1.807) is 0 Å². The first-order chi connectivity index (χ1) is 13.9. The van der Waals surface area contributed by atoms with Gasteiger partial charge in [-0.1, -0.05) is 22.9 Å². The van der Waals surface area contributed by atoms with Crippen molar-refractivity contribution in [3.05, 3.63) is 53.6 Å². The van der Waals surface area contributed by atoms with Crippen molar-refractivity contribution in [2.24, 2.45) is 10.2 Å². The van der Waals surface area contributed by atoms with Gasteiger partial charge in [0.25, 0.3) is 5.69 Å². The summed E-state index contributed by atoms with van der Waals surface area (Å²) in [6, 6.07) is 8.53. The van der Waals surface area contributed by atoms with Gasteiger partial charge >= 0.3 is 6.18 Å². The normalized spacial score (nSPS) is 16.4. The molecule has 2 aromatic carbocycles. The van der Waals surface area contributed by atoms with E-state index in [1.807, 2.05) is 0 Å². The summed E-state index contributed by atoms with van der Waals surface area (Å²) in [6.45, 7) is 0. The molecule has 1 atom stereocenters. The van der Waals surface area contributed by atoms with E-state index in [9.17, 15) is 26.4 Å². The molecule has 2 aromatic rings. The molecule has 0 bridgehead atoms. The maximum Gasteiger partial charge on any atom is 0.416 e. The average Bonchev–Trinajstić information content (AvgIpc) is 3.06. The molecule has 0 aromatic heterocycles. The molecular weight excluding hydrogens is 445 g/mol. The fourth-order valence-electron chi connectivity index (χ4n) is 2.83. The smallest absolute Gasteiger partial charge is 0.326 e. The van der Waals surface area contributed by atoms with Crippen molar-refractivity contribution in [2.75, 3.05) is 5.32 Å². The molecule has 30 heavy (non-hydrogen) atoms. The predicted molar refractivity (Wildman–Crippen MR) is 106 cm³/mol. The molecule has 0 saturated heterocycles. The number of amides is 1. The number of rotatable bonds is 5. The minimum Gasteiger partial charge on any atom is -0.326 e. The number of sulfonamides is 1. The van der Waals surface area contributed by atoms with Crippen LogP contribution in [0, 0.1) is 0 Å². The molecule has 12 heteroatoms. The topological polar surface area (TPSA) is 105 Å². The fraction of sp³-hybridized carbons (Fsp3) is 0.167. The van der Waals surface area contributed by atoms with E-state index in [4.69, 9.17) is 16.7 Å². The van der Waals surface area contributed by atoms with E-state index in [-0.39, 0.29) is 21.8 Å². The molecular formula is C18H15ClF3N4O3S+. The summed E-state index contributed by atoms with van der Waals surface area (Å²) in [5.41, 5.74) is -0.973. The molecule has 0 fully saturated rings. The molecule has 0 saturated carbocycles. The first-order valence-corrected chi connectivity index (χ1v) is 10.4. The van der Waals surface area contributed by atoms with Crippen LogP contribution < -0.4 is 10.5 Å². The second kappa shape index (κ2) is 8.17. The zero-order valence-corrected chi connectivity index (χ0v) is 16.7. The van der Waals surface area contributed by atoms with Crippen molar-refractivity contribution in [2.45, 2.75) is 22.9 Å². The monoisotopic (exact) mass is 459 g/mol. The fourth-order valence-corrected chi connectivity index (χ4v) is 3.73. The number of benzene rings is 2. The summed E-state index contributed by atoms with van der Waals surface area (Å²) >= 11 is 5.88. The van der Waals surface area contributed by atoms with Gasteiger partial charge < -0.3 is 5.32 Å². The quantitative estimate of drug-likeness (QED) is 0.530. The number of hydrazone groups is 1. The number of alkyl halides is 4. The highest BCUT2D eigenvalue weighted by molar-refractivity contribution is 7.89. The minimum absolute atomic E-state index is 0.0443. The molecule has 3 rings (SSSR count). The van der Waals surface area contributed by atoms with E-state index in [2.05, 4.69) is 10.4 Å². The highest BCUT2D eigenvalue weighted by Gasteiger charge is 2.33. The number of hydrogen-bond donors (Lipinski definition) is 2. The Bertz CT molecular complexity index is 1160. The third-order valence-electron chi connectivity index (χ3n) is 4.09. The third-order valence-corrected chi connectivity index (χ3v) is 5.25. The van der Waals surface area contributed by atoms with Gasteiger partial charge in [0.15, 0.2) is 10.3 Å². The third kappa shape index (κ3) is 5.04. The SMILES string of the molecule is NS(=O)(=O)c1cc(NC(=O)Cc2ccccc2C(F)(F)F)ccc1[N+]1=CC(Cl)C=N1.